The van der Waals surface area contributed by atoms with E-state index in [0.29, 0.717) is 40.2 Å². The number of methoxy groups -OCH3 is 2. The normalized spacial score (nSPS) is 14.9. The Morgan fingerprint density at radius 3 is 2.62 bits per heavy atom. The number of ether oxygens (including phenoxy) is 2. The molecular weight excluding hydrogens is 450 g/mol. The smallest absolute Gasteiger partial charge is 0.255 e. The number of allylic oxidation sites excluding steroid dienone is 1. The number of aromatic nitrogens is 3. The van der Waals surface area contributed by atoms with Gasteiger partial charge >= 0.3 is 0 Å². The second-order valence-corrected chi connectivity index (χ2v) is 8.62. The van der Waals surface area contributed by atoms with E-state index in [2.05, 4.69) is 10.6 Å². The fourth-order valence-electron chi connectivity index (χ4n) is 4.01. The van der Waals surface area contributed by atoms with Crippen molar-refractivity contribution in [1.29, 1.82) is 0 Å². The van der Waals surface area contributed by atoms with Gasteiger partial charge in [0.1, 0.15) is 17.5 Å². The number of nitrogens with zero attached hydrogens (tertiary/aromatic N) is 3. The fourth-order valence-corrected chi connectivity index (χ4v) is 4.66. The Bertz CT molecular complexity index is 1360. The number of fused-ring (bicyclic) bond motifs is 1. The summed E-state index contributed by atoms with van der Waals surface area (Å²) in [6.07, 6.45) is 0. The first-order chi connectivity index (χ1) is 16.6. The first-order valence-electron chi connectivity index (χ1n) is 10.7. The molecule has 34 heavy (non-hydrogen) atoms. The summed E-state index contributed by atoms with van der Waals surface area (Å²) in [5.41, 5.74) is 2.68. The van der Waals surface area contributed by atoms with Gasteiger partial charge < -0.3 is 20.1 Å². The lowest BCUT2D eigenvalue weighted by Crippen LogP contribution is -2.31. The molecule has 2 N–H and O–H groups in total. The number of anilines is 2. The van der Waals surface area contributed by atoms with Gasteiger partial charge in [0.15, 0.2) is 5.82 Å². The van der Waals surface area contributed by atoms with E-state index < -0.39 is 6.04 Å². The number of hydrogen-bond donors (Lipinski definition) is 2. The molecule has 9 heteroatoms. The van der Waals surface area contributed by atoms with E-state index in [1.807, 2.05) is 66.9 Å². The monoisotopic (exact) mass is 473 g/mol. The number of hydrogen-bond acceptors (Lipinski definition) is 7. The van der Waals surface area contributed by atoms with Crippen LogP contribution in [-0.4, -0.2) is 34.9 Å². The first kappa shape index (κ1) is 21.7. The van der Waals surface area contributed by atoms with Crippen molar-refractivity contribution >= 4 is 28.9 Å². The van der Waals surface area contributed by atoms with Crippen molar-refractivity contribution in [2.45, 2.75) is 13.0 Å². The van der Waals surface area contributed by atoms with Gasteiger partial charge in [-0.2, -0.15) is 4.98 Å². The zero-order valence-electron chi connectivity index (χ0n) is 18.9. The maximum atomic E-state index is 13.6. The van der Waals surface area contributed by atoms with Crippen LogP contribution >= 0.6 is 11.3 Å². The lowest BCUT2D eigenvalue weighted by Gasteiger charge is -2.29. The highest BCUT2D eigenvalue weighted by atomic mass is 32.1. The molecule has 4 aromatic rings. The average molecular weight is 474 g/mol. The lowest BCUT2D eigenvalue weighted by molar-refractivity contribution is -0.113. The molecule has 0 saturated heterocycles. The number of benzene rings is 2. The van der Waals surface area contributed by atoms with Crippen molar-refractivity contribution in [2.75, 3.05) is 24.9 Å². The number of carbonyl (C=O) groups is 1. The second kappa shape index (κ2) is 9.03. The molecule has 5 rings (SSSR count). The Balaban J connectivity index is 1.65. The molecule has 1 unspecified atom stereocenters. The quantitative estimate of drug-likeness (QED) is 0.412. The summed E-state index contributed by atoms with van der Waals surface area (Å²) in [7, 11) is 3.20. The zero-order valence-corrected chi connectivity index (χ0v) is 19.7. The Morgan fingerprint density at radius 2 is 1.91 bits per heavy atom. The molecule has 2 aromatic heterocycles. The van der Waals surface area contributed by atoms with Crippen molar-refractivity contribution < 1.29 is 14.3 Å². The van der Waals surface area contributed by atoms with Gasteiger partial charge in [0.25, 0.3) is 5.91 Å². The third kappa shape index (κ3) is 3.90. The molecule has 172 valence electrons. The van der Waals surface area contributed by atoms with Gasteiger partial charge in [-0.25, -0.2) is 4.68 Å². The third-order valence-corrected chi connectivity index (χ3v) is 6.47. The predicted molar refractivity (Wildman–Crippen MR) is 132 cm³/mol. The summed E-state index contributed by atoms with van der Waals surface area (Å²) < 4.78 is 12.8. The van der Waals surface area contributed by atoms with E-state index in [1.54, 1.807) is 36.3 Å². The molecular formula is C25H23N5O3S. The molecule has 3 heterocycles. The van der Waals surface area contributed by atoms with Crippen LogP contribution in [0.4, 0.5) is 11.6 Å². The van der Waals surface area contributed by atoms with Gasteiger partial charge in [-0.1, -0.05) is 24.3 Å². The number of carbonyl (C=O) groups excluding carboxylic acids is 1. The maximum Gasteiger partial charge on any atom is 0.255 e. The maximum absolute atomic E-state index is 13.6. The average Bonchev–Trinajstić information content (AvgIpc) is 3.53. The van der Waals surface area contributed by atoms with Crippen molar-refractivity contribution in [3.8, 4) is 22.2 Å². The molecule has 0 spiro atoms. The molecule has 1 amide bonds. The third-order valence-electron chi connectivity index (χ3n) is 5.61. The highest BCUT2D eigenvalue weighted by molar-refractivity contribution is 7.13. The molecule has 1 aliphatic heterocycles. The molecule has 2 aromatic carbocycles. The van der Waals surface area contributed by atoms with E-state index in [1.165, 1.54) is 0 Å². The van der Waals surface area contributed by atoms with Crippen LogP contribution in [-0.2, 0) is 4.79 Å². The van der Waals surface area contributed by atoms with E-state index in [0.717, 1.165) is 10.4 Å². The first-order valence-corrected chi connectivity index (χ1v) is 11.5. The molecule has 1 atom stereocenters. The van der Waals surface area contributed by atoms with E-state index >= 15 is 0 Å². The summed E-state index contributed by atoms with van der Waals surface area (Å²) in [5, 5.41) is 13.0. The number of rotatable bonds is 6. The number of para-hydroxylation sites is 1. The van der Waals surface area contributed by atoms with Crippen molar-refractivity contribution in [3.05, 3.63) is 82.9 Å². The summed E-state index contributed by atoms with van der Waals surface area (Å²) in [6.45, 7) is 1.87. The SMILES string of the molecule is COc1ccc(C2C(C(=O)Nc3ccccc3)=C(C)Nc3nc(-c4cccs4)nn32)c(OC)c1. The number of amides is 1. The summed E-state index contributed by atoms with van der Waals surface area (Å²) >= 11 is 1.56. The van der Waals surface area contributed by atoms with Crippen LogP contribution < -0.4 is 20.1 Å². The molecule has 8 nitrogen and oxygen atoms in total. The van der Waals surface area contributed by atoms with Crippen LogP contribution in [0.2, 0.25) is 0 Å². The molecule has 0 fully saturated rings. The fraction of sp³-hybridized carbons (Fsp3) is 0.160. The number of thiophene rings is 1. The van der Waals surface area contributed by atoms with Gasteiger partial charge in [0, 0.05) is 23.0 Å². The molecule has 1 aliphatic rings. The molecule has 0 saturated carbocycles. The van der Waals surface area contributed by atoms with E-state index in [-0.39, 0.29) is 5.91 Å². The molecule has 0 radical (unpaired) electrons. The number of nitrogens with one attached hydrogen (secondary N) is 2. The van der Waals surface area contributed by atoms with Crippen LogP contribution in [0.5, 0.6) is 11.5 Å². The standard InChI is InChI=1S/C25H23N5O3S/c1-15-21(24(31)27-16-8-5-4-6-9-16)22(18-12-11-17(32-2)14-19(18)33-3)30-25(26-15)28-23(29-30)20-10-7-13-34-20/h4-14,22H,1-3H3,(H,27,31)(H,26,28,29). The zero-order chi connectivity index (χ0) is 23.7. The van der Waals surface area contributed by atoms with Crippen LogP contribution in [0.3, 0.4) is 0 Å². The van der Waals surface area contributed by atoms with Gasteiger partial charge in [0.05, 0.1) is 24.7 Å². The predicted octanol–water partition coefficient (Wildman–Crippen LogP) is 4.95. The largest absolute Gasteiger partial charge is 0.497 e. The minimum absolute atomic E-state index is 0.238. The minimum Gasteiger partial charge on any atom is -0.497 e. The molecule has 0 aliphatic carbocycles. The molecule has 0 bridgehead atoms. The van der Waals surface area contributed by atoms with Gasteiger partial charge in [-0.05, 0) is 42.6 Å². The lowest BCUT2D eigenvalue weighted by atomic mass is 9.94. The van der Waals surface area contributed by atoms with Gasteiger partial charge in [-0.15, -0.1) is 16.4 Å². The Morgan fingerprint density at radius 1 is 1.09 bits per heavy atom. The van der Waals surface area contributed by atoms with Crippen molar-refractivity contribution in [1.82, 2.24) is 14.8 Å². The summed E-state index contributed by atoms with van der Waals surface area (Å²) in [4.78, 5) is 19.2. The second-order valence-electron chi connectivity index (χ2n) is 7.68. The Labute approximate surface area is 200 Å². The Kier molecular flexibility index (Phi) is 5.77. The van der Waals surface area contributed by atoms with Crippen LogP contribution in [0.1, 0.15) is 18.5 Å². The Hall–Kier alpha value is -4.11. The van der Waals surface area contributed by atoms with E-state index in [4.69, 9.17) is 19.6 Å². The van der Waals surface area contributed by atoms with Crippen LogP contribution in [0.15, 0.2) is 77.3 Å². The van der Waals surface area contributed by atoms with Crippen molar-refractivity contribution in [2.24, 2.45) is 0 Å². The van der Waals surface area contributed by atoms with Crippen LogP contribution in [0, 0.1) is 0 Å². The van der Waals surface area contributed by atoms with Crippen LogP contribution in [0.25, 0.3) is 10.7 Å². The topological polar surface area (TPSA) is 90.3 Å². The van der Waals surface area contributed by atoms with E-state index in [9.17, 15) is 4.79 Å². The summed E-state index contributed by atoms with van der Waals surface area (Å²) in [5.74, 6) is 2.15. The minimum atomic E-state index is -0.568. The van der Waals surface area contributed by atoms with Crippen molar-refractivity contribution in [3.63, 3.8) is 0 Å². The van der Waals surface area contributed by atoms with Gasteiger partial charge in [0.2, 0.25) is 5.95 Å². The highest BCUT2D eigenvalue weighted by Gasteiger charge is 2.36. The summed E-state index contributed by atoms with van der Waals surface area (Å²) in [6, 6.07) is 18.3. The highest BCUT2D eigenvalue weighted by Crippen LogP contribution is 2.41. The van der Waals surface area contributed by atoms with Gasteiger partial charge in [-0.3, -0.25) is 4.79 Å².